The average Bonchev–Trinajstić information content (AvgIpc) is 2.80. The minimum Gasteiger partial charge on any atom is -0.294 e. The van der Waals surface area contributed by atoms with Crippen molar-refractivity contribution in [3.63, 3.8) is 0 Å². The second-order valence-corrected chi connectivity index (χ2v) is 5.05. The molecule has 0 amide bonds. The average molecular weight is 283 g/mol. The van der Waals surface area contributed by atoms with E-state index in [1.54, 1.807) is 35.3 Å². The van der Waals surface area contributed by atoms with Gasteiger partial charge in [0.25, 0.3) is 0 Å². The molecule has 1 aromatic heterocycles. The van der Waals surface area contributed by atoms with Crippen molar-refractivity contribution in [2.75, 3.05) is 0 Å². The van der Waals surface area contributed by atoms with Crippen LogP contribution >= 0.6 is 23.2 Å². The summed E-state index contributed by atoms with van der Waals surface area (Å²) in [5.41, 5.74) is 1.23. The number of carbonyl (C=O) groups is 1. The third-order valence-electron chi connectivity index (χ3n) is 2.57. The third-order valence-corrected chi connectivity index (χ3v) is 3.38. The fourth-order valence-electron chi connectivity index (χ4n) is 1.58. The molecular formula is C13H12Cl2N2O. The van der Waals surface area contributed by atoms with Crippen LogP contribution in [0.2, 0.25) is 10.0 Å². The summed E-state index contributed by atoms with van der Waals surface area (Å²) < 4.78 is 1.56. The van der Waals surface area contributed by atoms with E-state index in [9.17, 15) is 4.79 Å². The lowest BCUT2D eigenvalue weighted by molar-refractivity contribution is 0.0939. The maximum atomic E-state index is 11.8. The van der Waals surface area contributed by atoms with Gasteiger partial charge in [0.15, 0.2) is 5.78 Å². The molecule has 2 rings (SSSR count). The number of Topliss-reactive ketones (excluding diaryl/α,β-unsaturated/α-hetero) is 1. The molecule has 0 saturated heterocycles. The molecule has 0 unspecified atom stereocenters. The van der Waals surface area contributed by atoms with Crippen LogP contribution in [0.1, 0.15) is 24.2 Å². The Labute approximate surface area is 115 Å². The first-order valence-corrected chi connectivity index (χ1v) is 6.29. The van der Waals surface area contributed by atoms with Crippen molar-refractivity contribution in [1.29, 1.82) is 0 Å². The van der Waals surface area contributed by atoms with E-state index in [0.29, 0.717) is 21.3 Å². The Morgan fingerprint density at radius 3 is 2.72 bits per heavy atom. The van der Waals surface area contributed by atoms with Gasteiger partial charge in [0.1, 0.15) is 0 Å². The molecule has 0 aliphatic rings. The molecule has 5 heteroatoms. The molecule has 0 spiro atoms. The van der Waals surface area contributed by atoms with Gasteiger partial charge in [0.05, 0.1) is 27.5 Å². The number of nitrogens with zero attached hydrogens (tertiary/aromatic N) is 2. The number of halogens is 2. The molecule has 0 radical (unpaired) electrons. The van der Waals surface area contributed by atoms with Crippen LogP contribution in [0.5, 0.6) is 0 Å². The maximum Gasteiger partial charge on any atom is 0.168 e. The Bertz CT molecular complexity index is 590. The molecule has 0 saturated carbocycles. The van der Waals surface area contributed by atoms with E-state index in [1.165, 1.54) is 0 Å². The highest BCUT2D eigenvalue weighted by molar-refractivity contribution is 6.43. The number of hydrogen-bond acceptors (Lipinski definition) is 2. The van der Waals surface area contributed by atoms with Gasteiger partial charge in [0.2, 0.25) is 0 Å². The Hall–Kier alpha value is -1.32. The molecule has 0 aliphatic heterocycles. The van der Waals surface area contributed by atoms with Crippen molar-refractivity contribution in [2.24, 2.45) is 5.92 Å². The zero-order chi connectivity index (χ0) is 13.3. The van der Waals surface area contributed by atoms with Gasteiger partial charge in [-0.2, -0.15) is 5.10 Å². The topological polar surface area (TPSA) is 34.9 Å². The summed E-state index contributed by atoms with van der Waals surface area (Å²) in [6, 6.07) is 5.29. The molecule has 18 heavy (non-hydrogen) atoms. The maximum absolute atomic E-state index is 11.8. The lowest BCUT2D eigenvalue weighted by atomic mass is 10.0. The predicted octanol–water partition coefficient (Wildman–Crippen LogP) is 4.02. The molecule has 94 valence electrons. The van der Waals surface area contributed by atoms with Crippen LogP contribution < -0.4 is 0 Å². The molecule has 0 bridgehead atoms. The SMILES string of the molecule is CC(C)C(=O)c1cnn(-c2cccc(Cl)c2Cl)c1. The van der Waals surface area contributed by atoms with Gasteiger partial charge < -0.3 is 0 Å². The largest absolute Gasteiger partial charge is 0.294 e. The molecule has 0 fully saturated rings. The van der Waals surface area contributed by atoms with Gasteiger partial charge in [-0.1, -0.05) is 43.1 Å². The van der Waals surface area contributed by atoms with E-state index in [1.807, 2.05) is 13.8 Å². The van der Waals surface area contributed by atoms with E-state index in [4.69, 9.17) is 23.2 Å². The van der Waals surface area contributed by atoms with Gasteiger partial charge >= 0.3 is 0 Å². The molecule has 1 heterocycles. The standard InChI is InChI=1S/C13H12Cl2N2O/c1-8(2)13(18)9-6-16-17(7-9)11-5-3-4-10(14)12(11)15/h3-8H,1-2H3. The highest BCUT2D eigenvalue weighted by Crippen LogP contribution is 2.28. The monoisotopic (exact) mass is 282 g/mol. The van der Waals surface area contributed by atoms with Gasteiger partial charge in [-0.05, 0) is 12.1 Å². The van der Waals surface area contributed by atoms with Crippen LogP contribution in [0.4, 0.5) is 0 Å². The Morgan fingerprint density at radius 1 is 1.33 bits per heavy atom. The van der Waals surface area contributed by atoms with Crippen LogP contribution in [0, 0.1) is 5.92 Å². The van der Waals surface area contributed by atoms with Gasteiger partial charge in [-0.3, -0.25) is 4.79 Å². The number of hydrogen-bond donors (Lipinski definition) is 0. The molecule has 0 atom stereocenters. The van der Waals surface area contributed by atoms with Crippen LogP contribution in [0.15, 0.2) is 30.6 Å². The second-order valence-electron chi connectivity index (χ2n) is 4.27. The Morgan fingerprint density at radius 2 is 2.06 bits per heavy atom. The highest BCUT2D eigenvalue weighted by Gasteiger charge is 2.14. The summed E-state index contributed by atoms with van der Waals surface area (Å²) in [7, 11) is 0. The Balaban J connectivity index is 2.41. The number of carbonyl (C=O) groups excluding carboxylic acids is 1. The summed E-state index contributed by atoms with van der Waals surface area (Å²) in [6.45, 7) is 3.71. The second kappa shape index (κ2) is 5.12. The molecular weight excluding hydrogens is 271 g/mol. The normalized spacial score (nSPS) is 10.9. The quantitative estimate of drug-likeness (QED) is 0.797. The van der Waals surface area contributed by atoms with Crippen molar-refractivity contribution in [3.8, 4) is 5.69 Å². The first-order chi connectivity index (χ1) is 8.50. The summed E-state index contributed by atoms with van der Waals surface area (Å²) in [4.78, 5) is 11.8. The summed E-state index contributed by atoms with van der Waals surface area (Å²) in [6.07, 6.45) is 3.21. The fraction of sp³-hybridized carbons (Fsp3) is 0.231. The number of benzene rings is 1. The van der Waals surface area contributed by atoms with Gasteiger partial charge in [-0.15, -0.1) is 0 Å². The fourth-order valence-corrected chi connectivity index (χ4v) is 1.97. The zero-order valence-electron chi connectivity index (χ0n) is 10.0. The lowest BCUT2D eigenvalue weighted by Gasteiger charge is -2.05. The highest BCUT2D eigenvalue weighted by atomic mass is 35.5. The van der Waals surface area contributed by atoms with Gasteiger partial charge in [0, 0.05) is 12.1 Å². The van der Waals surface area contributed by atoms with E-state index >= 15 is 0 Å². The van der Waals surface area contributed by atoms with E-state index < -0.39 is 0 Å². The van der Waals surface area contributed by atoms with Crippen LogP contribution in [-0.2, 0) is 0 Å². The van der Waals surface area contributed by atoms with E-state index in [0.717, 1.165) is 0 Å². The van der Waals surface area contributed by atoms with Gasteiger partial charge in [-0.25, -0.2) is 4.68 Å². The minimum atomic E-state index is -0.0579. The van der Waals surface area contributed by atoms with Crippen LogP contribution in [-0.4, -0.2) is 15.6 Å². The van der Waals surface area contributed by atoms with Crippen LogP contribution in [0.3, 0.4) is 0 Å². The molecule has 0 N–H and O–H groups in total. The number of ketones is 1. The summed E-state index contributed by atoms with van der Waals surface area (Å²) in [5, 5.41) is 5.03. The number of aromatic nitrogens is 2. The lowest BCUT2D eigenvalue weighted by Crippen LogP contribution is -2.06. The Kier molecular flexibility index (Phi) is 3.73. The van der Waals surface area contributed by atoms with Crippen molar-refractivity contribution in [3.05, 3.63) is 46.2 Å². The smallest absolute Gasteiger partial charge is 0.168 e. The third kappa shape index (κ3) is 2.42. The van der Waals surface area contributed by atoms with Crippen molar-refractivity contribution in [1.82, 2.24) is 9.78 Å². The van der Waals surface area contributed by atoms with Crippen molar-refractivity contribution in [2.45, 2.75) is 13.8 Å². The minimum absolute atomic E-state index is 0.0550. The zero-order valence-corrected chi connectivity index (χ0v) is 11.5. The van der Waals surface area contributed by atoms with Crippen molar-refractivity contribution < 1.29 is 4.79 Å². The van der Waals surface area contributed by atoms with E-state index in [-0.39, 0.29) is 11.7 Å². The summed E-state index contributed by atoms with van der Waals surface area (Å²) in [5.74, 6) is -0.00289. The molecule has 2 aromatic rings. The van der Waals surface area contributed by atoms with Crippen molar-refractivity contribution >= 4 is 29.0 Å². The number of rotatable bonds is 3. The summed E-state index contributed by atoms with van der Waals surface area (Å²) >= 11 is 12.0. The molecule has 3 nitrogen and oxygen atoms in total. The molecule has 1 aromatic carbocycles. The van der Waals surface area contributed by atoms with Crippen LogP contribution in [0.25, 0.3) is 5.69 Å². The first-order valence-electron chi connectivity index (χ1n) is 5.54. The molecule has 0 aliphatic carbocycles. The predicted molar refractivity (Wildman–Crippen MR) is 72.8 cm³/mol. The first kappa shape index (κ1) is 13.1. The van der Waals surface area contributed by atoms with E-state index in [2.05, 4.69) is 5.10 Å².